The summed E-state index contributed by atoms with van der Waals surface area (Å²) in [6, 6.07) is 16.5. The molecule has 1 unspecified atom stereocenters. The first-order valence-electron chi connectivity index (χ1n) is 9.55. The fraction of sp³-hybridized carbons (Fsp3) is 0.391. The lowest BCUT2D eigenvalue weighted by Crippen LogP contribution is -2.48. The Morgan fingerprint density at radius 3 is 2.70 bits per heavy atom. The van der Waals surface area contributed by atoms with Gasteiger partial charge in [0.15, 0.2) is 5.78 Å². The topological polar surface area (TPSA) is 50.1 Å². The van der Waals surface area contributed by atoms with Crippen molar-refractivity contribution in [2.45, 2.75) is 49.0 Å². The predicted octanol–water partition coefficient (Wildman–Crippen LogP) is 5.88. The first-order valence-corrected chi connectivity index (χ1v) is 10.8. The Morgan fingerprint density at radius 1 is 1.19 bits per heavy atom. The molecule has 1 aliphatic heterocycles. The first-order chi connectivity index (χ1) is 13.2. The van der Waals surface area contributed by atoms with Crippen molar-refractivity contribution in [1.82, 2.24) is 0 Å². The van der Waals surface area contributed by atoms with Crippen molar-refractivity contribution in [2.75, 3.05) is 6.26 Å². The average molecular weight is 378 g/mol. The van der Waals surface area contributed by atoms with Crippen molar-refractivity contribution >= 4 is 17.5 Å². The second-order valence-corrected chi connectivity index (χ2v) is 8.31. The Kier molecular flexibility index (Phi) is 4.97. The van der Waals surface area contributed by atoms with E-state index in [1.165, 1.54) is 4.90 Å². The minimum absolute atomic E-state index is 0.151. The van der Waals surface area contributed by atoms with Gasteiger partial charge in [-0.2, -0.15) is 5.26 Å². The number of nitriles is 1. The second-order valence-electron chi connectivity index (χ2n) is 7.43. The third-order valence-corrected chi connectivity index (χ3v) is 6.63. The Hall–Kier alpha value is -2.25. The van der Waals surface area contributed by atoms with Crippen molar-refractivity contribution in [1.29, 1.82) is 5.26 Å². The molecule has 2 aromatic carbocycles. The number of ether oxygens (including phenoxy) is 1. The van der Waals surface area contributed by atoms with Crippen LogP contribution in [0.5, 0.6) is 5.75 Å². The summed E-state index contributed by atoms with van der Waals surface area (Å²) in [5, 5.41) is 9.01. The van der Waals surface area contributed by atoms with Gasteiger partial charge in [-0.25, -0.2) is 0 Å². The van der Waals surface area contributed by atoms with Crippen LogP contribution in [0, 0.1) is 17.2 Å². The highest BCUT2D eigenvalue weighted by Crippen LogP contribution is 2.48. The molecule has 4 rings (SSSR count). The van der Waals surface area contributed by atoms with E-state index in [0.717, 1.165) is 36.8 Å². The van der Waals surface area contributed by atoms with Gasteiger partial charge in [0.25, 0.3) is 0 Å². The molecule has 1 atom stereocenters. The monoisotopic (exact) mass is 377 g/mol. The zero-order valence-corrected chi connectivity index (χ0v) is 16.3. The Bertz CT molecular complexity index is 909. The van der Waals surface area contributed by atoms with Crippen molar-refractivity contribution in [3.63, 3.8) is 0 Å². The summed E-state index contributed by atoms with van der Waals surface area (Å²) < 4.78 is 6.54. The van der Waals surface area contributed by atoms with Crippen LogP contribution in [-0.4, -0.2) is 17.6 Å². The standard InChI is InChI=1S/C23H23NO2S/c1-27-18-7-4-6-16(14-18)17-9-10-19-21(15-17)26-23(11-2-3-12-23)20(22(19)25)8-5-13-24/h4,6-7,9-10,14-15,20H,2-3,5,8,11-12H2,1H3. The van der Waals surface area contributed by atoms with Crippen LogP contribution in [0.4, 0.5) is 0 Å². The maximum Gasteiger partial charge on any atom is 0.173 e. The molecule has 3 nitrogen and oxygen atoms in total. The van der Waals surface area contributed by atoms with Crippen LogP contribution in [0.15, 0.2) is 47.4 Å². The number of hydrogen-bond donors (Lipinski definition) is 0. The molecule has 2 aliphatic rings. The average Bonchev–Trinajstić information content (AvgIpc) is 3.16. The van der Waals surface area contributed by atoms with Crippen molar-refractivity contribution in [3.8, 4) is 22.9 Å². The number of benzene rings is 2. The summed E-state index contributed by atoms with van der Waals surface area (Å²) in [4.78, 5) is 14.5. The Balaban J connectivity index is 1.73. The summed E-state index contributed by atoms with van der Waals surface area (Å²) in [6.07, 6.45) is 7.03. The molecule has 1 saturated carbocycles. The highest BCUT2D eigenvalue weighted by atomic mass is 32.2. The number of carbonyl (C=O) groups excluding carboxylic acids is 1. The molecular weight excluding hydrogens is 354 g/mol. The van der Waals surface area contributed by atoms with Gasteiger partial charge in [0, 0.05) is 11.3 Å². The van der Waals surface area contributed by atoms with Crippen LogP contribution in [0.2, 0.25) is 0 Å². The normalized spacial score (nSPS) is 20.1. The third-order valence-electron chi connectivity index (χ3n) is 5.91. The molecule has 0 amide bonds. The zero-order valence-electron chi connectivity index (χ0n) is 15.5. The molecule has 2 aromatic rings. The fourth-order valence-electron chi connectivity index (χ4n) is 4.54. The Morgan fingerprint density at radius 2 is 1.96 bits per heavy atom. The summed E-state index contributed by atoms with van der Waals surface area (Å²) >= 11 is 1.72. The minimum Gasteiger partial charge on any atom is -0.486 e. The van der Waals surface area contributed by atoms with E-state index in [1.807, 2.05) is 18.2 Å². The van der Waals surface area contributed by atoms with E-state index < -0.39 is 5.60 Å². The molecule has 0 N–H and O–H groups in total. The number of thioether (sulfide) groups is 1. The van der Waals surface area contributed by atoms with Gasteiger partial charge in [-0.1, -0.05) is 18.2 Å². The lowest BCUT2D eigenvalue weighted by molar-refractivity contribution is 0.00319. The van der Waals surface area contributed by atoms with Crippen molar-refractivity contribution in [2.24, 2.45) is 5.92 Å². The zero-order chi connectivity index (χ0) is 18.9. The largest absolute Gasteiger partial charge is 0.486 e. The van der Waals surface area contributed by atoms with Gasteiger partial charge in [-0.05, 0) is 73.8 Å². The molecule has 1 aliphatic carbocycles. The highest BCUT2D eigenvalue weighted by molar-refractivity contribution is 7.98. The van der Waals surface area contributed by atoms with Gasteiger partial charge in [-0.15, -0.1) is 11.8 Å². The molecule has 1 spiro atoms. The lowest BCUT2D eigenvalue weighted by Gasteiger charge is -2.41. The van der Waals surface area contributed by atoms with Crippen LogP contribution in [0.1, 0.15) is 48.9 Å². The van der Waals surface area contributed by atoms with Gasteiger partial charge in [-0.3, -0.25) is 4.79 Å². The number of nitrogens with zero attached hydrogens (tertiary/aromatic N) is 1. The van der Waals surface area contributed by atoms with Gasteiger partial charge >= 0.3 is 0 Å². The third kappa shape index (κ3) is 3.26. The first kappa shape index (κ1) is 18.1. The summed E-state index contributed by atoms with van der Waals surface area (Å²) in [6.45, 7) is 0. The summed E-state index contributed by atoms with van der Waals surface area (Å²) in [5.74, 6) is 0.665. The van der Waals surface area contributed by atoms with Crippen LogP contribution in [0.25, 0.3) is 11.1 Å². The van der Waals surface area contributed by atoms with E-state index in [1.54, 1.807) is 11.8 Å². The molecular formula is C23H23NO2S. The van der Waals surface area contributed by atoms with Crippen molar-refractivity contribution < 1.29 is 9.53 Å². The van der Waals surface area contributed by atoms with Crippen molar-refractivity contribution in [3.05, 3.63) is 48.0 Å². The molecule has 0 bridgehead atoms. The van der Waals surface area contributed by atoms with Crippen LogP contribution in [0.3, 0.4) is 0 Å². The molecule has 27 heavy (non-hydrogen) atoms. The van der Waals surface area contributed by atoms with Crippen LogP contribution >= 0.6 is 11.8 Å². The molecule has 1 fully saturated rings. The van der Waals surface area contributed by atoms with E-state index >= 15 is 0 Å². The molecule has 1 heterocycles. The molecule has 0 saturated heterocycles. The maximum absolute atomic E-state index is 13.2. The lowest BCUT2D eigenvalue weighted by atomic mass is 9.75. The van der Waals surface area contributed by atoms with Gasteiger partial charge in [0.05, 0.1) is 17.6 Å². The molecule has 0 radical (unpaired) electrons. The number of ketones is 1. The van der Waals surface area contributed by atoms with Gasteiger partial charge in [0.2, 0.25) is 0 Å². The molecule has 0 aromatic heterocycles. The van der Waals surface area contributed by atoms with E-state index in [-0.39, 0.29) is 11.7 Å². The number of carbonyl (C=O) groups is 1. The maximum atomic E-state index is 13.2. The fourth-order valence-corrected chi connectivity index (χ4v) is 5.00. The number of rotatable bonds is 4. The van der Waals surface area contributed by atoms with Gasteiger partial charge < -0.3 is 4.74 Å². The predicted molar refractivity (Wildman–Crippen MR) is 108 cm³/mol. The second kappa shape index (κ2) is 7.40. The van der Waals surface area contributed by atoms with E-state index in [0.29, 0.717) is 24.2 Å². The van der Waals surface area contributed by atoms with Crippen LogP contribution in [-0.2, 0) is 0 Å². The number of hydrogen-bond acceptors (Lipinski definition) is 4. The van der Waals surface area contributed by atoms with E-state index in [9.17, 15) is 4.79 Å². The summed E-state index contributed by atoms with van der Waals surface area (Å²) in [7, 11) is 0. The quantitative estimate of drug-likeness (QED) is 0.624. The number of Topliss-reactive ketones (excluding diaryl/α,β-unsaturated/α-hetero) is 1. The highest BCUT2D eigenvalue weighted by Gasteiger charge is 2.50. The van der Waals surface area contributed by atoms with E-state index in [4.69, 9.17) is 10.00 Å². The number of fused-ring (bicyclic) bond motifs is 1. The van der Waals surface area contributed by atoms with Crippen LogP contribution < -0.4 is 4.74 Å². The Labute approximate surface area is 164 Å². The minimum atomic E-state index is -0.416. The smallest absolute Gasteiger partial charge is 0.173 e. The van der Waals surface area contributed by atoms with E-state index in [2.05, 4.69) is 36.6 Å². The molecule has 138 valence electrons. The molecule has 4 heteroatoms. The summed E-state index contributed by atoms with van der Waals surface area (Å²) in [5.41, 5.74) is 2.45. The van der Waals surface area contributed by atoms with Gasteiger partial charge in [0.1, 0.15) is 11.4 Å². The SMILES string of the molecule is CSc1cccc(-c2ccc3c(c2)OC2(CCCC2)C(CCC#N)C3=O)c1.